The van der Waals surface area contributed by atoms with E-state index in [4.69, 9.17) is 0 Å². The van der Waals surface area contributed by atoms with E-state index in [9.17, 15) is 4.79 Å². The molecule has 0 aromatic rings. The minimum absolute atomic E-state index is 0.269. The first-order valence-corrected chi connectivity index (χ1v) is 5.23. The molecule has 2 heterocycles. The van der Waals surface area contributed by atoms with Crippen LogP contribution >= 0.6 is 0 Å². The minimum Gasteiger partial charge on any atom is -0.343 e. The van der Waals surface area contributed by atoms with Gasteiger partial charge in [-0.2, -0.15) is 0 Å². The summed E-state index contributed by atoms with van der Waals surface area (Å²) in [4.78, 5) is 15.8. The quantitative estimate of drug-likeness (QED) is 0.520. The van der Waals surface area contributed by atoms with Gasteiger partial charge in [0.2, 0.25) is 0 Å². The summed E-state index contributed by atoms with van der Waals surface area (Å²) in [5.41, 5.74) is 0. The zero-order valence-electron chi connectivity index (χ0n) is 8.04. The molecule has 2 aliphatic rings. The molecule has 13 heavy (non-hydrogen) atoms. The summed E-state index contributed by atoms with van der Waals surface area (Å²) in [5.74, 6) is 0. The summed E-state index contributed by atoms with van der Waals surface area (Å²) >= 11 is 0. The summed E-state index contributed by atoms with van der Waals surface area (Å²) in [6, 6.07) is 0.269. The van der Waals surface area contributed by atoms with Crippen molar-refractivity contribution in [3.8, 4) is 0 Å². The third-order valence-corrected chi connectivity index (χ3v) is 2.85. The first-order chi connectivity index (χ1) is 6.38. The van der Waals surface area contributed by atoms with Gasteiger partial charge in [0.1, 0.15) is 0 Å². The van der Waals surface area contributed by atoms with E-state index in [1.54, 1.807) is 0 Å². The maximum absolute atomic E-state index is 11.8. The highest BCUT2D eigenvalue weighted by Crippen LogP contribution is 2.10. The summed E-state index contributed by atoms with van der Waals surface area (Å²) in [7, 11) is 0. The van der Waals surface area contributed by atoms with Gasteiger partial charge in [-0.15, -0.1) is 0 Å². The molecule has 0 aromatic carbocycles. The number of urea groups is 1. The van der Waals surface area contributed by atoms with Crippen LogP contribution in [-0.2, 0) is 0 Å². The van der Waals surface area contributed by atoms with Crippen molar-refractivity contribution in [2.24, 2.45) is 0 Å². The molecule has 0 aliphatic carbocycles. The molecule has 2 amide bonds. The van der Waals surface area contributed by atoms with Crippen LogP contribution in [0.1, 0.15) is 12.8 Å². The molecule has 0 unspecified atom stereocenters. The SMILES string of the molecule is O=C(N1CCCC1)N1CC[NH2+]CC1. The Balaban J connectivity index is 1.87. The Bertz CT molecular complexity index is 183. The maximum Gasteiger partial charge on any atom is 0.320 e. The molecule has 4 heteroatoms. The van der Waals surface area contributed by atoms with E-state index in [1.807, 2.05) is 9.80 Å². The zero-order chi connectivity index (χ0) is 9.10. The normalized spacial score (nSPS) is 23.7. The molecule has 2 rings (SSSR count). The maximum atomic E-state index is 11.8. The summed E-state index contributed by atoms with van der Waals surface area (Å²) < 4.78 is 0. The topological polar surface area (TPSA) is 40.2 Å². The predicted molar refractivity (Wildman–Crippen MR) is 49.4 cm³/mol. The number of hydrogen-bond donors (Lipinski definition) is 1. The van der Waals surface area contributed by atoms with Crippen LogP contribution in [0.5, 0.6) is 0 Å². The molecule has 2 aliphatic heterocycles. The number of rotatable bonds is 0. The number of piperazine rings is 1. The molecule has 0 spiro atoms. The Morgan fingerprint density at radius 2 is 1.46 bits per heavy atom. The van der Waals surface area contributed by atoms with Gasteiger partial charge in [0.25, 0.3) is 0 Å². The molecule has 4 nitrogen and oxygen atoms in total. The molecule has 2 fully saturated rings. The standard InChI is InChI=1S/C9H17N3O/c13-9(11-5-1-2-6-11)12-7-3-10-4-8-12/h10H,1-8H2/p+1. The van der Waals surface area contributed by atoms with Crippen molar-refractivity contribution in [3.63, 3.8) is 0 Å². The summed E-state index contributed by atoms with van der Waals surface area (Å²) in [5, 5.41) is 2.27. The monoisotopic (exact) mass is 184 g/mol. The van der Waals surface area contributed by atoms with Gasteiger partial charge >= 0.3 is 6.03 Å². The van der Waals surface area contributed by atoms with E-state index in [2.05, 4.69) is 5.32 Å². The highest BCUT2D eigenvalue weighted by Gasteiger charge is 2.25. The number of nitrogens with zero attached hydrogens (tertiary/aromatic N) is 2. The molecule has 0 bridgehead atoms. The van der Waals surface area contributed by atoms with Crippen LogP contribution in [0.25, 0.3) is 0 Å². The van der Waals surface area contributed by atoms with Crippen molar-refractivity contribution < 1.29 is 10.1 Å². The van der Waals surface area contributed by atoms with E-state index in [1.165, 1.54) is 12.8 Å². The molecule has 0 radical (unpaired) electrons. The Morgan fingerprint density at radius 1 is 0.923 bits per heavy atom. The van der Waals surface area contributed by atoms with Gasteiger partial charge in [-0.1, -0.05) is 0 Å². The lowest BCUT2D eigenvalue weighted by Gasteiger charge is -2.29. The smallest absolute Gasteiger partial charge is 0.320 e. The van der Waals surface area contributed by atoms with Gasteiger partial charge in [0, 0.05) is 13.1 Å². The second-order valence-electron chi connectivity index (χ2n) is 3.83. The largest absolute Gasteiger partial charge is 0.343 e. The average Bonchev–Trinajstić information content (AvgIpc) is 2.71. The van der Waals surface area contributed by atoms with Crippen molar-refractivity contribution in [3.05, 3.63) is 0 Å². The Labute approximate surface area is 78.9 Å². The molecule has 74 valence electrons. The number of nitrogens with two attached hydrogens (primary N) is 1. The van der Waals surface area contributed by atoms with Gasteiger partial charge in [0.05, 0.1) is 26.2 Å². The van der Waals surface area contributed by atoms with Crippen LogP contribution < -0.4 is 5.32 Å². The number of quaternary nitrogens is 1. The molecular weight excluding hydrogens is 166 g/mol. The van der Waals surface area contributed by atoms with Gasteiger partial charge in [-0.3, -0.25) is 0 Å². The molecule has 2 N–H and O–H groups in total. The van der Waals surface area contributed by atoms with E-state index in [0.717, 1.165) is 39.3 Å². The van der Waals surface area contributed by atoms with Gasteiger partial charge in [0.15, 0.2) is 0 Å². The van der Waals surface area contributed by atoms with Crippen LogP contribution in [-0.4, -0.2) is 55.1 Å². The lowest BCUT2D eigenvalue weighted by atomic mass is 10.4. The number of likely N-dealkylation sites (tertiary alicyclic amines) is 1. The lowest BCUT2D eigenvalue weighted by Crippen LogP contribution is -2.90. The average molecular weight is 184 g/mol. The van der Waals surface area contributed by atoms with Crippen LogP contribution in [0.15, 0.2) is 0 Å². The van der Waals surface area contributed by atoms with E-state index < -0.39 is 0 Å². The van der Waals surface area contributed by atoms with Crippen molar-refractivity contribution in [2.75, 3.05) is 39.3 Å². The number of amides is 2. The van der Waals surface area contributed by atoms with E-state index in [-0.39, 0.29) is 6.03 Å². The first-order valence-electron chi connectivity index (χ1n) is 5.23. The first kappa shape index (κ1) is 8.81. The molecule has 0 saturated carbocycles. The number of carbonyl (C=O) groups excluding carboxylic acids is 1. The third-order valence-electron chi connectivity index (χ3n) is 2.85. The molecule has 0 atom stereocenters. The van der Waals surface area contributed by atoms with Gasteiger partial charge in [-0.05, 0) is 12.8 Å². The molecule has 2 saturated heterocycles. The number of hydrogen-bond acceptors (Lipinski definition) is 1. The van der Waals surface area contributed by atoms with Gasteiger partial charge in [-0.25, -0.2) is 4.79 Å². The second-order valence-corrected chi connectivity index (χ2v) is 3.83. The van der Waals surface area contributed by atoms with Crippen molar-refractivity contribution in [1.29, 1.82) is 0 Å². The molecular formula is C9H18N3O+. The van der Waals surface area contributed by atoms with Crippen LogP contribution in [0, 0.1) is 0 Å². The third kappa shape index (κ3) is 1.94. The second kappa shape index (κ2) is 3.96. The summed E-state index contributed by atoms with van der Waals surface area (Å²) in [6.07, 6.45) is 2.37. The Kier molecular flexibility index (Phi) is 2.68. The fraction of sp³-hybridized carbons (Fsp3) is 0.889. The van der Waals surface area contributed by atoms with E-state index in [0.29, 0.717) is 0 Å². The Morgan fingerprint density at radius 3 is 2.08 bits per heavy atom. The highest BCUT2D eigenvalue weighted by atomic mass is 16.2. The fourth-order valence-corrected chi connectivity index (χ4v) is 2.05. The lowest BCUT2D eigenvalue weighted by molar-refractivity contribution is -0.662. The van der Waals surface area contributed by atoms with Crippen molar-refractivity contribution >= 4 is 6.03 Å². The summed E-state index contributed by atoms with van der Waals surface area (Å²) in [6.45, 7) is 5.93. The van der Waals surface area contributed by atoms with Crippen molar-refractivity contribution in [2.45, 2.75) is 12.8 Å². The number of carbonyl (C=O) groups is 1. The zero-order valence-corrected chi connectivity index (χ0v) is 8.04. The predicted octanol–water partition coefficient (Wildman–Crippen LogP) is -0.919. The highest BCUT2D eigenvalue weighted by molar-refractivity contribution is 5.74. The molecule has 0 aromatic heterocycles. The van der Waals surface area contributed by atoms with E-state index >= 15 is 0 Å². The Hall–Kier alpha value is -0.770. The van der Waals surface area contributed by atoms with Crippen LogP contribution in [0.3, 0.4) is 0 Å². The fourth-order valence-electron chi connectivity index (χ4n) is 2.05. The van der Waals surface area contributed by atoms with Crippen LogP contribution in [0.2, 0.25) is 0 Å². The van der Waals surface area contributed by atoms with Gasteiger partial charge < -0.3 is 15.1 Å². The van der Waals surface area contributed by atoms with Crippen LogP contribution in [0.4, 0.5) is 4.79 Å². The minimum atomic E-state index is 0.269. The van der Waals surface area contributed by atoms with Crippen molar-refractivity contribution in [1.82, 2.24) is 9.80 Å².